The lowest BCUT2D eigenvalue weighted by molar-refractivity contribution is 0.0952. The molecule has 0 radical (unpaired) electrons. The largest absolute Gasteiger partial charge is 0.352 e. The number of carbonyl (C=O) groups is 1. The van der Waals surface area contributed by atoms with E-state index in [0.29, 0.717) is 30.8 Å². The maximum atomic E-state index is 13.0. The molecule has 0 saturated carbocycles. The molecule has 1 saturated heterocycles. The van der Waals surface area contributed by atoms with E-state index in [2.05, 4.69) is 12.2 Å². The SMILES string of the molecule is CCCCCNC(=O)c1ccc(C)c(S(=O)(=O)N2CCCCCC2)c1. The summed E-state index contributed by atoms with van der Waals surface area (Å²) in [6.45, 7) is 5.65. The zero-order valence-corrected chi connectivity index (χ0v) is 16.2. The summed E-state index contributed by atoms with van der Waals surface area (Å²) in [4.78, 5) is 12.6. The number of sulfonamides is 1. The maximum Gasteiger partial charge on any atom is 0.251 e. The quantitative estimate of drug-likeness (QED) is 0.751. The van der Waals surface area contributed by atoms with Crippen LogP contribution in [0.1, 0.15) is 67.8 Å². The summed E-state index contributed by atoms with van der Waals surface area (Å²) in [5, 5.41) is 2.87. The van der Waals surface area contributed by atoms with Gasteiger partial charge in [0.05, 0.1) is 4.90 Å². The van der Waals surface area contributed by atoms with Crippen LogP contribution in [0.15, 0.2) is 23.1 Å². The molecule has 6 heteroatoms. The highest BCUT2D eigenvalue weighted by Crippen LogP contribution is 2.24. The first-order chi connectivity index (χ1) is 12.0. The first-order valence-electron chi connectivity index (χ1n) is 9.36. The number of aryl methyl sites for hydroxylation is 1. The highest BCUT2D eigenvalue weighted by Gasteiger charge is 2.27. The van der Waals surface area contributed by atoms with Crippen molar-refractivity contribution in [1.82, 2.24) is 9.62 Å². The average Bonchev–Trinajstić information content (AvgIpc) is 2.88. The van der Waals surface area contributed by atoms with Crippen molar-refractivity contribution in [3.05, 3.63) is 29.3 Å². The number of hydrogen-bond acceptors (Lipinski definition) is 3. The number of unbranched alkanes of at least 4 members (excludes halogenated alkanes) is 2. The zero-order valence-electron chi connectivity index (χ0n) is 15.4. The Balaban J connectivity index is 2.18. The van der Waals surface area contributed by atoms with E-state index in [1.165, 1.54) is 6.07 Å². The normalized spacial score (nSPS) is 16.4. The van der Waals surface area contributed by atoms with E-state index >= 15 is 0 Å². The van der Waals surface area contributed by atoms with Gasteiger partial charge in [0.15, 0.2) is 0 Å². The Morgan fingerprint density at radius 3 is 2.44 bits per heavy atom. The van der Waals surface area contributed by atoms with Gasteiger partial charge in [0.1, 0.15) is 0 Å². The van der Waals surface area contributed by atoms with Crippen LogP contribution in [-0.4, -0.2) is 38.3 Å². The molecule has 0 atom stereocenters. The van der Waals surface area contributed by atoms with Crippen LogP contribution in [0.4, 0.5) is 0 Å². The molecule has 2 rings (SSSR count). The molecular formula is C19H30N2O3S. The van der Waals surface area contributed by atoms with Crippen LogP contribution < -0.4 is 5.32 Å². The van der Waals surface area contributed by atoms with E-state index in [0.717, 1.165) is 44.9 Å². The van der Waals surface area contributed by atoms with E-state index in [9.17, 15) is 13.2 Å². The van der Waals surface area contributed by atoms with Crippen molar-refractivity contribution in [3.63, 3.8) is 0 Å². The Kier molecular flexibility index (Phi) is 7.44. The van der Waals surface area contributed by atoms with Crippen LogP contribution >= 0.6 is 0 Å². The van der Waals surface area contributed by atoms with Gasteiger partial charge >= 0.3 is 0 Å². The smallest absolute Gasteiger partial charge is 0.251 e. The molecule has 5 nitrogen and oxygen atoms in total. The Hall–Kier alpha value is -1.40. The summed E-state index contributed by atoms with van der Waals surface area (Å²) >= 11 is 0. The minimum Gasteiger partial charge on any atom is -0.352 e. The molecule has 1 fully saturated rings. The predicted octanol–water partition coefficient (Wildman–Crippen LogP) is 3.48. The van der Waals surface area contributed by atoms with E-state index < -0.39 is 10.0 Å². The van der Waals surface area contributed by atoms with Crippen LogP contribution in [0.3, 0.4) is 0 Å². The first-order valence-corrected chi connectivity index (χ1v) is 10.8. The van der Waals surface area contributed by atoms with Crippen molar-refractivity contribution in [1.29, 1.82) is 0 Å². The van der Waals surface area contributed by atoms with E-state index in [1.807, 2.05) is 0 Å². The van der Waals surface area contributed by atoms with Crippen LogP contribution in [-0.2, 0) is 10.0 Å². The fourth-order valence-corrected chi connectivity index (χ4v) is 4.89. The van der Waals surface area contributed by atoms with Gasteiger partial charge < -0.3 is 5.32 Å². The van der Waals surface area contributed by atoms with Crippen molar-refractivity contribution in [2.24, 2.45) is 0 Å². The summed E-state index contributed by atoms with van der Waals surface area (Å²) in [5.41, 5.74) is 1.10. The summed E-state index contributed by atoms with van der Waals surface area (Å²) in [6, 6.07) is 4.96. The standard InChI is InChI=1S/C19H30N2O3S/c1-3-4-7-12-20-19(22)17-11-10-16(2)18(15-17)25(23,24)21-13-8-5-6-9-14-21/h10-11,15H,3-9,12-14H2,1-2H3,(H,20,22). The molecule has 0 spiro atoms. The third-order valence-corrected chi connectivity index (χ3v) is 6.74. The van der Waals surface area contributed by atoms with Crippen molar-refractivity contribution in [2.75, 3.05) is 19.6 Å². The number of hydrogen-bond donors (Lipinski definition) is 1. The second-order valence-electron chi connectivity index (χ2n) is 6.76. The number of carbonyl (C=O) groups excluding carboxylic acids is 1. The van der Waals surface area contributed by atoms with Crippen LogP contribution in [0.2, 0.25) is 0 Å². The van der Waals surface area contributed by atoms with Gasteiger partial charge in [0.25, 0.3) is 5.91 Å². The average molecular weight is 367 g/mol. The van der Waals surface area contributed by atoms with Crippen molar-refractivity contribution < 1.29 is 13.2 Å². The van der Waals surface area contributed by atoms with Gasteiger partial charge in [-0.15, -0.1) is 0 Å². The molecule has 25 heavy (non-hydrogen) atoms. The zero-order chi connectivity index (χ0) is 18.3. The summed E-state index contributed by atoms with van der Waals surface area (Å²) in [5.74, 6) is -0.205. The lowest BCUT2D eigenvalue weighted by Crippen LogP contribution is -2.32. The molecule has 1 aliphatic heterocycles. The molecule has 1 N–H and O–H groups in total. The fraction of sp³-hybridized carbons (Fsp3) is 0.632. The van der Waals surface area contributed by atoms with Crippen molar-refractivity contribution in [2.45, 2.75) is 63.7 Å². The van der Waals surface area contributed by atoms with Gasteiger partial charge in [-0.1, -0.05) is 38.7 Å². The van der Waals surface area contributed by atoms with Gasteiger partial charge in [0, 0.05) is 25.2 Å². The number of benzene rings is 1. The lowest BCUT2D eigenvalue weighted by atomic mass is 10.1. The predicted molar refractivity (Wildman–Crippen MR) is 100 cm³/mol. The second kappa shape index (κ2) is 9.34. The molecular weight excluding hydrogens is 336 g/mol. The second-order valence-corrected chi connectivity index (χ2v) is 8.67. The number of nitrogens with zero attached hydrogens (tertiary/aromatic N) is 1. The van der Waals surface area contributed by atoms with Crippen molar-refractivity contribution >= 4 is 15.9 Å². The van der Waals surface area contributed by atoms with Gasteiger partial charge in [-0.25, -0.2) is 8.42 Å². The van der Waals surface area contributed by atoms with E-state index in [4.69, 9.17) is 0 Å². The van der Waals surface area contributed by atoms with Crippen LogP contribution in [0.5, 0.6) is 0 Å². The van der Waals surface area contributed by atoms with Gasteiger partial charge in [-0.3, -0.25) is 4.79 Å². The molecule has 1 heterocycles. The fourth-order valence-electron chi connectivity index (χ4n) is 3.12. The highest BCUT2D eigenvalue weighted by atomic mass is 32.2. The Bertz CT molecular complexity index is 678. The van der Waals surface area contributed by atoms with Gasteiger partial charge in [0.2, 0.25) is 10.0 Å². The molecule has 0 bridgehead atoms. The summed E-state index contributed by atoms with van der Waals surface area (Å²) in [6.07, 6.45) is 7.05. The topological polar surface area (TPSA) is 66.5 Å². The van der Waals surface area contributed by atoms with Crippen molar-refractivity contribution in [3.8, 4) is 0 Å². The van der Waals surface area contributed by atoms with Crippen LogP contribution in [0.25, 0.3) is 0 Å². The molecule has 1 amide bonds. The molecule has 140 valence electrons. The van der Waals surface area contributed by atoms with Gasteiger partial charge in [-0.05, 0) is 43.9 Å². The lowest BCUT2D eigenvalue weighted by Gasteiger charge is -2.21. The monoisotopic (exact) mass is 366 g/mol. The third kappa shape index (κ3) is 5.28. The Morgan fingerprint density at radius 2 is 1.80 bits per heavy atom. The van der Waals surface area contributed by atoms with Gasteiger partial charge in [-0.2, -0.15) is 4.31 Å². The maximum absolute atomic E-state index is 13.0. The number of amides is 1. The molecule has 1 aromatic carbocycles. The molecule has 0 aliphatic carbocycles. The summed E-state index contributed by atoms with van der Waals surface area (Å²) in [7, 11) is -3.55. The number of rotatable bonds is 7. The molecule has 1 aromatic rings. The Morgan fingerprint density at radius 1 is 1.12 bits per heavy atom. The van der Waals surface area contributed by atoms with Crippen LogP contribution in [0, 0.1) is 6.92 Å². The van der Waals surface area contributed by atoms with E-state index in [1.54, 1.807) is 23.4 Å². The molecule has 1 aliphatic rings. The number of nitrogens with one attached hydrogen (secondary N) is 1. The minimum atomic E-state index is -3.55. The third-order valence-electron chi connectivity index (χ3n) is 4.70. The minimum absolute atomic E-state index is 0.205. The first kappa shape index (κ1) is 19.9. The molecule has 0 unspecified atom stereocenters. The van der Waals surface area contributed by atoms with E-state index in [-0.39, 0.29) is 10.8 Å². The molecule has 0 aromatic heterocycles. The summed E-state index contributed by atoms with van der Waals surface area (Å²) < 4.78 is 27.6. The Labute approximate surface area is 151 Å². The highest BCUT2D eigenvalue weighted by molar-refractivity contribution is 7.89.